The Bertz CT molecular complexity index is 668. The number of benzene rings is 1. The van der Waals surface area contributed by atoms with Crippen molar-refractivity contribution < 1.29 is 14.6 Å². The maximum atomic E-state index is 9.19. The van der Waals surface area contributed by atoms with Gasteiger partial charge in [-0.2, -0.15) is 5.10 Å². The standard InChI is InChI=1S/C18H27N3O3/c1-5-23-16-8-7-15(11-17(16)24-6-2)12-19-18-13(3)14(4)20-21(18)9-10-22/h7-8,11,19,22H,5-6,9-10,12H2,1-4H3. The number of anilines is 1. The Hall–Kier alpha value is -2.21. The molecule has 0 spiro atoms. The van der Waals surface area contributed by atoms with E-state index in [2.05, 4.69) is 10.4 Å². The molecule has 2 N–H and O–H groups in total. The number of aryl methyl sites for hydroxylation is 1. The summed E-state index contributed by atoms with van der Waals surface area (Å²) in [4.78, 5) is 0. The summed E-state index contributed by atoms with van der Waals surface area (Å²) in [6, 6.07) is 5.96. The SMILES string of the molecule is CCOc1ccc(CNc2c(C)c(C)nn2CCO)cc1OCC. The van der Waals surface area contributed by atoms with Gasteiger partial charge in [0.1, 0.15) is 5.82 Å². The lowest BCUT2D eigenvalue weighted by molar-refractivity contribution is 0.270. The third-order valence-corrected chi connectivity index (χ3v) is 3.81. The van der Waals surface area contributed by atoms with E-state index in [-0.39, 0.29) is 6.61 Å². The fourth-order valence-electron chi connectivity index (χ4n) is 2.54. The van der Waals surface area contributed by atoms with Crippen molar-refractivity contribution in [1.29, 1.82) is 0 Å². The molecule has 0 saturated heterocycles. The van der Waals surface area contributed by atoms with Gasteiger partial charge in [0.2, 0.25) is 0 Å². The zero-order chi connectivity index (χ0) is 17.5. The van der Waals surface area contributed by atoms with Crippen LogP contribution in [0, 0.1) is 13.8 Å². The molecule has 0 bridgehead atoms. The normalized spacial score (nSPS) is 10.7. The van der Waals surface area contributed by atoms with Gasteiger partial charge in [0.15, 0.2) is 11.5 Å². The van der Waals surface area contributed by atoms with Crippen LogP contribution in [-0.4, -0.2) is 34.7 Å². The van der Waals surface area contributed by atoms with Crippen molar-refractivity contribution in [2.75, 3.05) is 25.1 Å². The summed E-state index contributed by atoms with van der Waals surface area (Å²) in [5, 5.41) is 17.1. The molecule has 2 rings (SSSR count). The molecule has 0 aliphatic heterocycles. The van der Waals surface area contributed by atoms with Crippen LogP contribution in [0.15, 0.2) is 18.2 Å². The van der Waals surface area contributed by atoms with Crippen LogP contribution in [0.25, 0.3) is 0 Å². The van der Waals surface area contributed by atoms with Crippen LogP contribution in [0.2, 0.25) is 0 Å². The fourth-order valence-corrected chi connectivity index (χ4v) is 2.54. The largest absolute Gasteiger partial charge is 0.490 e. The molecular weight excluding hydrogens is 306 g/mol. The van der Waals surface area contributed by atoms with Crippen molar-refractivity contribution in [2.45, 2.75) is 40.8 Å². The molecular formula is C18H27N3O3. The zero-order valence-electron chi connectivity index (χ0n) is 14.9. The maximum absolute atomic E-state index is 9.19. The topological polar surface area (TPSA) is 68.5 Å². The lowest BCUT2D eigenvalue weighted by atomic mass is 10.2. The van der Waals surface area contributed by atoms with E-state index in [4.69, 9.17) is 9.47 Å². The average molecular weight is 333 g/mol. The Balaban J connectivity index is 2.16. The van der Waals surface area contributed by atoms with E-state index in [1.165, 1.54) is 0 Å². The highest BCUT2D eigenvalue weighted by atomic mass is 16.5. The van der Waals surface area contributed by atoms with Gasteiger partial charge in [0, 0.05) is 12.1 Å². The van der Waals surface area contributed by atoms with Gasteiger partial charge in [-0.3, -0.25) is 0 Å². The lowest BCUT2D eigenvalue weighted by Gasteiger charge is -2.14. The number of hydrogen-bond donors (Lipinski definition) is 2. The monoisotopic (exact) mass is 333 g/mol. The molecule has 0 saturated carbocycles. The average Bonchev–Trinajstić information content (AvgIpc) is 2.83. The second-order valence-corrected chi connectivity index (χ2v) is 5.51. The van der Waals surface area contributed by atoms with Crippen molar-refractivity contribution in [3.8, 4) is 11.5 Å². The number of ether oxygens (including phenoxy) is 2. The van der Waals surface area contributed by atoms with Crippen LogP contribution in [0.5, 0.6) is 11.5 Å². The molecule has 6 heteroatoms. The molecule has 24 heavy (non-hydrogen) atoms. The molecule has 0 fully saturated rings. The Morgan fingerprint density at radius 1 is 1.12 bits per heavy atom. The predicted octanol–water partition coefficient (Wildman–Crippen LogP) is 2.90. The molecule has 0 atom stereocenters. The van der Waals surface area contributed by atoms with Crippen LogP contribution in [0.4, 0.5) is 5.82 Å². The van der Waals surface area contributed by atoms with Gasteiger partial charge in [-0.15, -0.1) is 0 Å². The van der Waals surface area contributed by atoms with Crippen molar-refractivity contribution in [3.63, 3.8) is 0 Å². The van der Waals surface area contributed by atoms with Gasteiger partial charge in [-0.25, -0.2) is 4.68 Å². The minimum Gasteiger partial charge on any atom is -0.490 e. The third kappa shape index (κ3) is 4.20. The number of aliphatic hydroxyl groups is 1. The minimum absolute atomic E-state index is 0.0623. The van der Waals surface area contributed by atoms with E-state index >= 15 is 0 Å². The Labute approximate surface area is 143 Å². The molecule has 1 heterocycles. The Morgan fingerprint density at radius 2 is 1.83 bits per heavy atom. The van der Waals surface area contributed by atoms with Gasteiger partial charge in [0.25, 0.3) is 0 Å². The van der Waals surface area contributed by atoms with Gasteiger partial charge in [-0.05, 0) is 45.4 Å². The number of rotatable bonds is 9. The summed E-state index contributed by atoms with van der Waals surface area (Å²) >= 11 is 0. The first-order chi connectivity index (χ1) is 11.6. The van der Waals surface area contributed by atoms with Crippen molar-refractivity contribution in [3.05, 3.63) is 35.0 Å². The maximum Gasteiger partial charge on any atom is 0.161 e. The molecule has 0 aliphatic carbocycles. The molecule has 0 radical (unpaired) electrons. The van der Waals surface area contributed by atoms with Gasteiger partial charge < -0.3 is 19.9 Å². The molecule has 0 aliphatic rings. The Kier molecular flexibility index (Phi) is 6.49. The van der Waals surface area contributed by atoms with Crippen LogP contribution in [0.1, 0.15) is 30.7 Å². The third-order valence-electron chi connectivity index (χ3n) is 3.81. The molecule has 6 nitrogen and oxygen atoms in total. The zero-order valence-corrected chi connectivity index (χ0v) is 14.9. The summed E-state index contributed by atoms with van der Waals surface area (Å²) in [6.07, 6.45) is 0. The number of nitrogens with one attached hydrogen (secondary N) is 1. The molecule has 0 amide bonds. The van der Waals surface area contributed by atoms with E-state index < -0.39 is 0 Å². The van der Waals surface area contributed by atoms with E-state index in [1.54, 1.807) is 0 Å². The second kappa shape index (κ2) is 8.59. The molecule has 132 valence electrons. The smallest absolute Gasteiger partial charge is 0.161 e. The minimum atomic E-state index is 0.0623. The molecule has 1 aromatic carbocycles. The van der Waals surface area contributed by atoms with Crippen molar-refractivity contribution in [1.82, 2.24) is 9.78 Å². The highest BCUT2D eigenvalue weighted by molar-refractivity contribution is 5.49. The molecule has 1 aromatic heterocycles. The highest BCUT2D eigenvalue weighted by Gasteiger charge is 2.12. The van der Waals surface area contributed by atoms with Crippen LogP contribution in [0.3, 0.4) is 0 Å². The lowest BCUT2D eigenvalue weighted by Crippen LogP contribution is -2.11. The van der Waals surface area contributed by atoms with Crippen LogP contribution >= 0.6 is 0 Å². The van der Waals surface area contributed by atoms with E-state index in [1.807, 2.05) is 50.6 Å². The predicted molar refractivity (Wildman–Crippen MR) is 94.9 cm³/mol. The van der Waals surface area contributed by atoms with E-state index in [0.29, 0.717) is 26.3 Å². The first kappa shape index (κ1) is 18.1. The van der Waals surface area contributed by atoms with E-state index in [0.717, 1.165) is 34.1 Å². The van der Waals surface area contributed by atoms with Gasteiger partial charge in [-0.1, -0.05) is 6.07 Å². The Morgan fingerprint density at radius 3 is 2.50 bits per heavy atom. The van der Waals surface area contributed by atoms with Gasteiger partial charge in [0.05, 0.1) is 32.1 Å². The fraction of sp³-hybridized carbons (Fsp3) is 0.500. The number of aliphatic hydroxyl groups excluding tert-OH is 1. The van der Waals surface area contributed by atoms with Crippen molar-refractivity contribution in [2.24, 2.45) is 0 Å². The summed E-state index contributed by atoms with van der Waals surface area (Å²) in [7, 11) is 0. The second-order valence-electron chi connectivity index (χ2n) is 5.51. The molecule has 2 aromatic rings. The van der Waals surface area contributed by atoms with Crippen LogP contribution in [-0.2, 0) is 13.1 Å². The van der Waals surface area contributed by atoms with Gasteiger partial charge >= 0.3 is 0 Å². The summed E-state index contributed by atoms with van der Waals surface area (Å²) in [6.45, 7) is 10.3. The number of nitrogens with zero attached hydrogens (tertiary/aromatic N) is 2. The quantitative estimate of drug-likeness (QED) is 0.738. The first-order valence-corrected chi connectivity index (χ1v) is 8.37. The first-order valence-electron chi connectivity index (χ1n) is 8.37. The summed E-state index contributed by atoms with van der Waals surface area (Å²) in [5.74, 6) is 2.46. The molecule has 0 unspecified atom stereocenters. The summed E-state index contributed by atoms with van der Waals surface area (Å²) < 4.78 is 13.1. The number of hydrogen-bond acceptors (Lipinski definition) is 5. The van der Waals surface area contributed by atoms with E-state index in [9.17, 15) is 5.11 Å². The summed E-state index contributed by atoms with van der Waals surface area (Å²) in [5.41, 5.74) is 3.16. The highest BCUT2D eigenvalue weighted by Crippen LogP contribution is 2.29. The number of aromatic nitrogens is 2. The van der Waals surface area contributed by atoms with Crippen molar-refractivity contribution >= 4 is 5.82 Å². The van der Waals surface area contributed by atoms with Crippen LogP contribution < -0.4 is 14.8 Å².